The topological polar surface area (TPSA) is 61.6 Å². The molecule has 0 spiro atoms. The Morgan fingerprint density at radius 2 is 2.18 bits per heavy atom. The number of anilines is 1. The largest absolute Gasteiger partial charge is 0.365 e. The van der Waals surface area contributed by atoms with E-state index in [1.54, 1.807) is 12.3 Å². The molecule has 0 aliphatic carbocycles. The summed E-state index contributed by atoms with van der Waals surface area (Å²) in [5.74, 6) is 0.615. The lowest BCUT2D eigenvalue weighted by Crippen LogP contribution is -2.20. The molecular weight excluding hydrogens is 212 g/mol. The van der Waals surface area contributed by atoms with E-state index < -0.39 is 0 Å². The first-order valence-corrected chi connectivity index (χ1v) is 6.30. The monoisotopic (exact) mass is 232 g/mol. The van der Waals surface area contributed by atoms with Crippen molar-refractivity contribution in [1.29, 1.82) is 5.26 Å². The van der Waals surface area contributed by atoms with Gasteiger partial charge in [0, 0.05) is 6.04 Å². The van der Waals surface area contributed by atoms with Crippen LogP contribution in [-0.2, 0) is 0 Å². The van der Waals surface area contributed by atoms with Gasteiger partial charge in [0.25, 0.3) is 0 Å². The number of hydrogen-bond donors (Lipinski definition) is 1. The highest BCUT2D eigenvalue weighted by Gasteiger charge is 2.10. The Labute approximate surface area is 103 Å². The van der Waals surface area contributed by atoms with Crippen molar-refractivity contribution in [2.75, 3.05) is 5.32 Å². The van der Waals surface area contributed by atoms with E-state index in [9.17, 15) is 0 Å². The van der Waals surface area contributed by atoms with E-state index in [-0.39, 0.29) is 0 Å². The van der Waals surface area contributed by atoms with Crippen LogP contribution in [0.2, 0.25) is 0 Å². The van der Waals surface area contributed by atoms with E-state index in [4.69, 9.17) is 5.26 Å². The average molecular weight is 232 g/mol. The molecule has 4 nitrogen and oxygen atoms in total. The van der Waals surface area contributed by atoms with Crippen LogP contribution in [0.3, 0.4) is 0 Å². The molecule has 0 radical (unpaired) electrons. The van der Waals surface area contributed by atoms with Crippen molar-refractivity contribution in [3.8, 4) is 6.07 Å². The van der Waals surface area contributed by atoms with Gasteiger partial charge in [-0.25, -0.2) is 0 Å². The van der Waals surface area contributed by atoms with Gasteiger partial charge in [-0.2, -0.15) is 10.4 Å². The van der Waals surface area contributed by atoms with E-state index in [0.29, 0.717) is 17.4 Å². The molecule has 0 amide bonds. The molecule has 0 saturated carbocycles. The molecule has 0 aliphatic heterocycles. The van der Waals surface area contributed by atoms with Gasteiger partial charge >= 0.3 is 0 Å². The molecule has 0 aromatic carbocycles. The predicted octanol–water partition coefficient (Wildman–Crippen LogP) is 3.12. The van der Waals surface area contributed by atoms with Gasteiger partial charge in [0.05, 0.1) is 11.8 Å². The summed E-state index contributed by atoms with van der Waals surface area (Å²) in [7, 11) is 0. The predicted molar refractivity (Wildman–Crippen MR) is 68.6 cm³/mol. The van der Waals surface area contributed by atoms with Crippen molar-refractivity contribution in [2.24, 2.45) is 0 Å². The first-order chi connectivity index (χ1) is 8.31. The SMILES string of the molecule is CCCCC(CCC)Nc1nnccc1C#N. The summed E-state index contributed by atoms with van der Waals surface area (Å²) in [5, 5.41) is 20.1. The second-order valence-corrected chi connectivity index (χ2v) is 4.18. The van der Waals surface area contributed by atoms with E-state index in [1.807, 2.05) is 0 Å². The maximum absolute atomic E-state index is 8.98. The van der Waals surface area contributed by atoms with Crippen LogP contribution >= 0.6 is 0 Å². The third-order valence-corrected chi connectivity index (χ3v) is 2.73. The van der Waals surface area contributed by atoms with Gasteiger partial charge in [-0.3, -0.25) is 0 Å². The lowest BCUT2D eigenvalue weighted by molar-refractivity contribution is 0.562. The smallest absolute Gasteiger partial charge is 0.166 e. The summed E-state index contributed by atoms with van der Waals surface area (Å²) in [5.41, 5.74) is 0.567. The van der Waals surface area contributed by atoms with Gasteiger partial charge in [0.2, 0.25) is 0 Å². The minimum atomic E-state index is 0.392. The molecule has 1 N–H and O–H groups in total. The summed E-state index contributed by atoms with van der Waals surface area (Å²) >= 11 is 0. The first-order valence-electron chi connectivity index (χ1n) is 6.30. The summed E-state index contributed by atoms with van der Waals surface area (Å²) in [6.07, 6.45) is 7.27. The summed E-state index contributed by atoms with van der Waals surface area (Å²) in [6, 6.07) is 4.22. The van der Waals surface area contributed by atoms with Crippen LogP contribution < -0.4 is 5.32 Å². The van der Waals surface area contributed by atoms with Crippen molar-refractivity contribution in [2.45, 2.75) is 52.0 Å². The number of hydrogen-bond acceptors (Lipinski definition) is 4. The molecule has 1 rings (SSSR count). The Kier molecular flexibility index (Phi) is 6.02. The highest BCUT2D eigenvalue weighted by Crippen LogP contribution is 2.15. The molecule has 92 valence electrons. The average Bonchev–Trinajstić information content (AvgIpc) is 2.37. The fraction of sp³-hybridized carbons (Fsp3) is 0.615. The highest BCUT2D eigenvalue weighted by atomic mass is 15.2. The van der Waals surface area contributed by atoms with Crippen LogP contribution in [0.25, 0.3) is 0 Å². The van der Waals surface area contributed by atoms with E-state index in [1.165, 1.54) is 12.8 Å². The van der Waals surface area contributed by atoms with E-state index in [2.05, 4.69) is 35.4 Å². The maximum atomic E-state index is 8.98. The molecule has 0 fully saturated rings. The van der Waals surface area contributed by atoms with Gasteiger partial charge in [-0.05, 0) is 18.9 Å². The van der Waals surface area contributed by atoms with Crippen LogP contribution in [0.4, 0.5) is 5.82 Å². The minimum absolute atomic E-state index is 0.392. The Balaban J connectivity index is 2.68. The molecule has 1 unspecified atom stereocenters. The fourth-order valence-corrected chi connectivity index (χ4v) is 1.81. The quantitative estimate of drug-likeness (QED) is 0.784. The second-order valence-electron chi connectivity index (χ2n) is 4.18. The first kappa shape index (κ1) is 13.4. The number of aromatic nitrogens is 2. The van der Waals surface area contributed by atoms with Gasteiger partial charge in [-0.15, -0.1) is 5.10 Å². The molecule has 1 atom stereocenters. The zero-order valence-electron chi connectivity index (χ0n) is 10.6. The van der Waals surface area contributed by atoms with Crippen LogP contribution in [-0.4, -0.2) is 16.2 Å². The zero-order valence-corrected chi connectivity index (χ0v) is 10.6. The summed E-state index contributed by atoms with van der Waals surface area (Å²) in [6.45, 7) is 4.36. The molecule has 0 bridgehead atoms. The lowest BCUT2D eigenvalue weighted by Gasteiger charge is -2.18. The van der Waals surface area contributed by atoms with Crippen molar-refractivity contribution < 1.29 is 0 Å². The second kappa shape index (κ2) is 7.61. The van der Waals surface area contributed by atoms with Crippen molar-refractivity contribution in [3.63, 3.8) is 0 Å². The lowest BCUT2D eigenvalue weighted by atomic mass is 10.1. The molecule has 4 heteroatoms. The summed E-state index contributed by atoms with van der Waals surface area (Å²) < 4.78 is 0. The molecule has 0 saturated heterocycles. The third kappa shape index (κ3) is 4.39. The molecule has 17 heavy (non-hydrogen) atoms. The molecule has 0 aliphatic rings. The molecular formula is C13H20N4. The number of nitrogens with one attached hydrogen (secondary N) is 1. The van der Waals surface area contributed by atoms with Gasteiger partial charge < -0.3 is 5.32 Å². The van der Waals surface area contributed by atoms with Gasteiger partial charge in [0.15, 0.2) is 5.82 Å². The van der Waals surface area contributed by atoms with Crippen LogP contribution in [0.1, 0.15) is 51.5 Å². The van der Waals surface area contributed by atoms with Gasteiger partial charge in [-0.1, -0.05) is 33.1 Å². The zero-order chi connectivity index (χ0) is 12.5. The minimum Gasteiger partial charge on any atom is -0.365 e. The number of nitrogens with zero attached hydrogens (tertiary/aromatic N) is 3. The number of rotatable bonds is 7. The van der Waals surface area contributed by atoms with Crippen LogP contribution in [0.5, 0.6) is 0 Å². The van der Waals surface area contributed by atoms with Crippen LogP contribution in [0, 0.1) is 11.3 Å². The fourth-order valence-electron chi connectivity index (χ4n) is 1.81. The maximum Gasteiger partial charge on any atom is 0.166 e. The standard InChI is InChI=1S/C13H20N4/c1-3-5-7-12(6-4-2)16-13-11(10-14)8-9-15-17-13/h8-9,12H,3-7H2,1-2H3,(H,16,17). The molecule has 1 aromatic rings. The Morgan fingerprint density at radius 1 is 1.35 bits per heavy atom. The third-order valence-electron chi connectivity index (χ3n) is 2.73. The molecule has 1 aromatic heterocycles. The number of unbranched alkanes of at least 4 members (excludes halogenated alkanes) is 1. The van der Waals surface area contributed by atoms with Crippen molar-refractivity contribution >= 4 is 5.82 Å². The van der Waals surface area contributed by atoms with Gasteiger partial charge in [0.1, 0.15) is 6.07 Å². The van der Waals surface area contributed by atoms with E-state index >= 15 is 0 Å². The molecule has 1 heterocycles. The summed E-state index contributed by atoms with van der Waals surface area (Å²) in [4.78, 5) is 0. The Hall–Kier alpha value is -1.63. The Morgan fingerprint density at radius 3 is 2.82 bits per heavy atom. The van der Waals surface area contributed by atoms with Crippen molar-refractivity contribution in [3.05, 3.63) is 17.8 Å². The number of nitriles is 1. The normalized spacial score (nSPS) is 11.8. The Bertz CT molecular complexity index is 370. The highest BCUT2D eigenvalue weighted by molar-refractivity contribution is 5.50. The van der Waals surface area contributed by atoms with Crippen LogP contribution in [0.15, 0.2) is 12.3 Å². The van der Waals surface area contributed by atoms with Crippen molar-refractivity contribution in [1.82, 2.24) is 10.2 Å². The van der Waals surface area contributed by atoms with E-state index in [0.717, 1.165) is 19.3 Å².